The Kier molecular flexibility index (Phi) is 5.44. The lowest BCUT2D eigenvalue weighted by Crippen LogP contribution is -2.35. The third-order valence-corrected chi connectivity index (χ3v) is 2.78. The number of aliphatic carboxylic acids is 2. The van der Waals surface area contributed by atoms with Gasteiger partial charge in [-0.15, -0.1) is 0 Å². The van der Waals surface area contributed by atoms with E-state index in [1.165, 1.54) is 23.1 Å². The molecule has 1 atom stereocenters. The molecule has 104 valence electrons. The summed E-state index contributed by atoms with van der Waals surface area (Å²) in [5, 5.41) is 17.9. The van der Waals surface area contributed by atoms with Gasteiger partial charge in [0.05, 0.1) is 6.42 Å². The number of carboxylic acid groups (broad SMARTS) is 2. The molecular formula is C13H16FNO4. The number of halogens is 1. The van der Waals surface area contributed by atoms with E-state index in [1.54, 1.807) is 6.92 Å². The summed E-state index contributed by atoms with van der Waals surface area (Å²) in [6, 6.07) is 4.30. The maximum Gasteiger partial charge on any atom is 0.325 e. The van der Waals surface area contributed by atoms with Crippen LogP contribution in [-0.4, -0.2) is 40.1 Å². The van der Waals surface area contributed by atoms with Crippen LogP contribution in [-0.2, 0) is 9.59 Å². The molecule has 0 bridgehead atoms. The average Bonchev–Trinajstić information content (AvgIpc) is 2.33. The third-order valence-electron chi connectivity index (χ3n) is 2.78. The summed E-state index contributed by atoms with van der Waals surface area (Å²) in [5.41, 5.74) is 0.305. The molecule has 1 rings (SSSR count). The van der Waals surface area contributed by atoms with Gasteiger partial charge in [0.2, 0.25) is 0 Å². The van der Waals surface area contributed by atoms with Crippen molar-refractivity contribution in [1.82, 2.24) is 4.90 Å². The molecule has 0 radical (unpaired) electrons. The van der Waals surface area contributed by atoms with Gasteiger partial charge < -0.3 is 10.2 Å². The van der Waals surface area contributed by atoms with E-state index in [4.69, 9.17) is 5.11 Å². The van der Waals surface area contributed by atoms with Crippen LogP contribution in [0.15, 0.2) is 24.3 Å². The second kappa shape index (κ2) is 6.84. The van der Waals surface area contributed by atoms with Gasteiger partial charge in [-0.2, -0.15) is 0 Å². The minimum atomic E-state index is -1.13. The summed E-state index contributed by atoms with van der Waals surface area (Å²) in [5.74, 6) is -2.64. The molecule has 0 fully saturated rings. The zero-order valence-electron chi connectivity index (χ0n) is 10.5. The molecule has 1 aromatic carbocycles. The summed E-state index contributed by atoms with van der Waals surface area (Å²) in [6.07, 6.45) is -0.160. The van der Waals surface area contributed by atoms with E-state index in [1.807, 2.05) is 0 Å². The number of carbonyl (C=O) groups is 2. The van der Waals surface area contributed by atoms with Crippen molar-refractivity contribution in [3.05, 3.63) is 35.6 Å². The van der Waals surface area contributed by atoms with E-state index in [2.05, 4.69) is 0 Å². The van der Waals surface area contributed by atoms with Crippen molar-refractivity contribution in [1.29, 1.82) is 0 Å². The first-order valence-corrected chi connectivity index (χ1v) is 5.89. The molecule has 1 unspecified atom stereocenters. The highest BCUT2D eigenvalue weighted by Crippen LogP contribution is 2.22. The molecule has 0 aromatic heterocycles. The second-order valence-electron chi connectivity index (χ2n) is 4.07. The second-order valence-corrected chi connectivity index (χ2v) is 4.07. The number of rotatable bonds is 7. The highest BCUT2D eigenvalue weighted by molar-refractivity contribution is 5.75. The lowest BCUT2D eigenvalue weighted by molar-refractivity contribution is -0.145. The predicted molar refractivity (Wildman–Crippen MR) is 66.3 cm³/mol. The molecule has 0 saturated heterocycles. The molecule has 6 heteroatoms. The quantitative estimate of drug-likeness (QED) is 0.788. The number of nitrogens with zero attached hydrogens (tertiary/aromatic N) is 1. The van der Waals surface area contributed by atoms with E-state index < -0.39 is 23.8 Å². The van der Waals surface area contributed by atoms with E-state index in [0.29, 0.717) is 12.1 Å². The Morgan fingerprint density at radius 1 is 1.37 bits per heavy atom. The molecule has 0 saturated carbocycles. The number of likely N-dealkylation sites (N-methyl/N-ethyl adjacent to an activating group) is 1. The molecule has 0 heterocycles. The fourth-order valence-electron chi connectivity index (χ4n) is 1.90. The minimum absolute atomic E-state index is 0.0965. The molecule has 0 aliphatic rings. The van der Waals surface area contributed by atoms with Crippen molar-refractivity contribution in [3.63, 3.8) is 0 Å². The maximum absolute atomic E-state index is 13.2. The van der Waals surface area contributed by atoms with Gasteiger partial charge in [-0.05, 0) is 24.2 Å². The topological polar surface area (TPSA) is 77.8 Å². The molecule has 19 heavy (non-hydrogen) atoms. The first-order chi connectivity index (χ1) is 8.95. The number of benzene rings is 1. The van der Waals surface area contributed by atoms with Gasteiger partial charge in [0.25, 0.3) is 0 Å². The zero-order valence-corrected chi connectivity index (χ0v) is 10.5. The van der Waals surface area contributed by atoms with Gasteiger partial charge in [-0.1, -0.05) is 19.1 Å². The van der Waals surface area contributed by atoms with Crippen LogP contribution >= 0.6 is 0 Å². The fraction of sp³-hybridized carbons (Fsp3) is 0.385. The lowest BCUT2D eigenvalue weighted by atomic mass is 10.0. The summed E-state index contributed by atoms with van der Waals surface area (Å²) in [4.78, 5) is 23.4. The summed E-state index contributed by atoms with van der Waals surface area (Å²) in [6.45, 7) is 2.19. The normalized spacial score (nSPS) is 12.4. The van der Waals surface area contributed by atoms with Crippen molar-refractivity contribution in [2.45, 2.75) is 19.4 Å². The van der Waals surface area contributed by atoms with Crippen molar-refractivity contribution in [2.24, 2.45) is 0 Å². The highest BCUT2D eigenvalue weighted by Gasteiger charge is 2.26. The summed E-state index contributed by atoms with van der Waals surface area (Å²) in [7, 11) is 0. The monoisotopic (exact) mass is 269 g/mol. The summed E-state index contributed by atoms with van der Waals surface area (Å²) < 4.78 is 13.2. The Morgan fingerprint density at radius 2 is 2.05 bits per heavy atom. The minimum Gasteiger partial charge on any atom is -0.481 e. The predicted octanol–water partition coefficient (Wildman–Crippen LogP) is 1.75. The molecular weight excluding hydrogens is 253 g/mol. The van der Waals surface area contributed by atoms with Crippen LogP contribution in [0.2, 0.25) is 0 Å². The Hall–Kier alpha value is -1.95. The largest absolute Gasteiger partial charge is 0.481 e. The Labute approximate surface area is 110 Å². The van der Waals surface area contributed by atoms with Gasteiger partial charge in [-0.3, -0.25) is 14.5 Å². The lowest BCUT2D eigenvalue weighted by Gasteiger charge is -2.27. The first-order valence-electron chi connectivity index (χ1n) is 5.89. The van der Waals surface area contributed by atoms with E-state index >= 15 is 0 Å². The average molecular weight is 269 g/mol. The number of hydrogen-bond acceptors (Lipinski definition) is 3. The molecule has 0 amide bonds. The van der Waals surface area contributed by atoms with Crippen LogP contribution in [0.5, 0.6) is 0 Å². The zero-order chi connectivity index (χ0) is 14.4. The summed E-state index contributed by atoms with van der Waals surface area (Å²) >= 11 is 0. The Bertz CT molecular complexity index is 464. The molecule has 0 aliphatic heterocycles. The SMILES string of the molecule is CCN(CCC(=O)O)C(C(=O)O)c1cccc(F)c1. The smallest absolute Gasteiger partial charge is 0.325 e. The Morgan fingerprint density at radius 3 is 2.53 bits per heavy atom. The van der Waals surface area contributed by atoms with Crippen molar-refractivity contribution < 1.29 is 24.2 Å². The molecule has 0 aliphatic carbocycles. The van der Waals surface area contributed by atoms with E-state index in [-0.39, 0.29) is 13.0 Å². The number of carboxylic acids is 2. The van der Waals surface area contributed by atoms with Crippen LogP contribution in [0.25, 0.3) is 0 Å². The van der Waals surface area contributed by atoms with Crippen LogP contribution in [0, 0.1) is 5.82 Å². The van der Waals surface area contributed by atoms with Gasteiger partial charge >= 0.3 is 11.9 Å². The van der Waals surface area contributed by atoms with E-state index in [0.717, 1.165) is 6.07 Å². The van der Waals surface area contributed by atoms with Crippen LogP contribution in [0.3, 0.4) is 0 Å². The molecule has 2 N–H and O–H groups in total. The van der Waals surface area contributed by atoms with Crippen molar-refractivity contribution in [3.8, 4) is 0 Å². The van der Waals surface area contributed by atoms with Crippen LogP contribution < -0.4 is 0 Å². The van der Waals surface area contributed by atoms with Gasteiger partial charge in [0.1, 0.15) is 11.9 Å². The number of hydrogen-bond donors (Lipinski definition) is 2. The maximum atomic E-state index is 13.2. The molecule has 0 spiro atoms. The molecule has 1 aromatic rings. The molecule has 5 nitrogen and oxygen atoms in total. The van der Waals surface area contributed by atoms with Gasteiger partial charge in [0.15, 0.2) is 0 Å². The highest BCUT2D eigenvalue weighted by atomic mass is 19.1. The third kappa shape index (κ3) is 4.33. The Balaban J connectivity index is 2.97. The van der Waals surface area contributed by atoms with E-state index in [9.17, 15) is 19.1 Å². The van der Waals surface area contributed by atoms with Crippen LogP contribution in [0.1, 0.15) is 24.9 Å². The van der Waals surface area contributed by atoms with Gasteiger partial charge in [-0.25, -0.2) is 4.39 Å². The van der Waals surface area contributed by atoms with Gasteiger partial charge in [0, 0.05) is 6.54 Å². The van der Waals surface area contributed by atoms with Crippen molar-refractivity contribution >= 4 is 11.9 Å². The standard InChI is InChI=1S/C13H16FNO4/c1-2-15(7-6-11(16)17)12(13(18)19)9-4-3-5-10(14)8-9/h3-5,8,12H,2,6-7H2,1H3,(H,16,17)(H,18,19). The van der Waals surface area contributed by atoms with Crippen molar-refractivity contribution in [2.75, 3.05) is 13.1 Å². The van der Waals surface area contributed by atoms with Crippen LogP contribution in [0.4, 0.5) is 4.39 Å². The fourth-order valence-corrected chi connectivity index (χ4v) is 1.90. The first kappa shape index (κ1) is 15.1.